The average Bonchev–Trinajstić information content (AvgIpc) is 3.57. The highest BCUT2D eigenvalue weighted by atomic mass is 16.5. The Labute approximate surface area is 367 Å². The zero-order valence-corrected chi connectivity index (χ0v) is 35.9. The number of aromatic nitrogens is 2. The predicted molar refractivity (Wildman–Crippen MR) is 244 cm³/mol. The Morgan fingerprint density at radius 3 is 2.27 bits per heavy atom. The third-order valence-electron chi connectivity index (χ3n) is 13.0. The fourth-order valence-electron chi connectivity index (χ4n) is 9.37. The van der Waals surface area contributed by atoms with Crippen LogP contribution in [-0.2, 0) is 24.3 Å². The number of anilines is 5. The van der Waals surface area contributed by atoms with Crippen LogP contribution in [0.2, 0.25) is 0 Å². The summed E-state index contributed by atoms with van der Waals surface area (Å²) in [5.74, 6) is 0.770. The molecule has 5 N–H and O–H groups in total. The zero-order chi connectivity index (χ0) is 43.6. The monoisotopic (exact) mass is 850 g/mol. The smallest absolute Gasteiger partial charge is 0.328 e. The Morgan fingerprint density at radius 1 is 0.810 bits per heavy atom. The van der Waals surface area contributed by atoms with Gasteiger partial charge in [0.2, 0.25) is 5.91 Å². The maximum Gasteiger partial charge on any atom is 0.328 e. The summed E-state index contributed by atoms with van der Waals surface area (Å²) in [5, 5.41) is 13.8. The van der Waals surface area contributed by atoms with Gasteiger partial charge in [-0.2, -0.15) is 5.10 Å². The number of nitrogens with zero attached hydrogens (tertiary/aromatic N) is 6. The summed E-state index contributed by atoms with van der Waals surface area (Å²) in [6, 6.07) is 27.3. The highest BCUT2D eigenvalue weighted by Gasteiger charge is 2.29. The van der Waals surface area contributed by atoms with Gasteiger partial charge in [0.25, 0.3) is 11.8 Å². The summed E-state index contributed by atoms with van der Waals surface area (Å²) < 4.78 is 7.20. The number of urea groups is 1. The van der Waals surface area contributed by atoms with Gasteiger partial charge in [-0.1, -0.05) is 24.3 Å². The molecule has 0 radical (unpaired) electrons. The highest BCUT2D eigenvalue weighted by molar-refractivity contribution is 6.06. The lowest BCUT2D eigenvalue weighted by Gasteiger charge is -2.40. The Morgan fingerprint density at radius 2 is 1.54 bits per heavy atom. The lowest BCUT2D eigenvalue weighted by atomic mass is 9.95. The molecule has 5 amide bonds. The number of piperazine rings is 1. The number of nitrogens with two attached hydrogens (primary N) is 1. The first-order valence-electron chi connectivity index (χ1n) is 21.9. The number of aryl methyl sites for hydroxylation is 3. The summed E-state index contributed by atoms with van der Waals surface area (Å²) in [4.78, 5) is 58.9. The van der Waals surface area contributed by atoms with Crippen molar-refractivity contribution in [2.45, 2.75) is 45.7 Å². The molecule has 15 nitrogen and oxygen atoms in total. The van der Waals surface area contributed by atoms with E-state index in [1.807, 2.05) is 48.0 Å². The number of carbonyl (C=O) groups excluding carboxylic acids is 4. The maximum atomic E-state index is 13.1. The van der Waals surface area contributed by atoms with Gasteiger partial charge in [-0.15, -0.1) is 0 Å². The number of hydrogen-bond acceptors (Lipinski definition) is 10. The molecule has 326 valence electrons. The van der Waals surface area contributed by atoms with Crippen LogP contribution in [0, 0.1) is 12.8 Å². The van der Waals surface area contributed by atoms with E-state index in [-0.39, 0.29) is 17.8 Å². The maximum absolute atomic E-state index is 13.1. The molecule has 15 heteroatoms. The second-order valence-corrected chi connectivity index (χ2v) is 16.9. The number of hydrogen-bond donors (Lipinski definition) is 4. The van der Waals surface area contributed by atoms with E-state index in [4.69, 9.17) is 15.6 Å². The van der Waals surface area contributed by atoms with Crippen molar-refractivity contribution >= 4 is 52.3 Å². The van der Waals surface area contributed by atoms with Crippen molar-refractivity contribution in [2.24, 2.45) is 11.7 Å². The highest BCUT2D eigenvalue weighted by Crippen LogP contribution is 2.37. The molecule has 0 spiro atoms. The SMILES string of the molecule is COc1ccccc1C(=O)NCc1ccc(-c2nn3c(c2C(N)=O)Nc2ccc(N4CCN(CC5CCN(c6ccc(N7CCC(=O)NC7=O)cc6)CC5)CC4)cc2CC3)cc1C. The summed E-state index contributed by atoms with van der Waals surface area (Å²) in [6.45, 7) is 10.4. The topological polar surface area (TPSA) is 170 Å². The minimum Gasteiger partial charge on any atom is -0.496 e. The fraction of sp³-hybridized carbons (Fsp3) is 0.354. The zero-order valence-electron chi connectivity index (χ0n) is 35.9. The molecule has 63 heavy (non-hydrogen) atoms. The Kier molecular flexibility index (Phi) is 11.8. The number of nitrogens with one attached hydrogen (secondary N) is 3. The minimum absolute atomic E-state index is 0.222. The van der Waals surface area contributed by atoms with E-state index < -0.39 is 5.91 Å². The molecule has 3 fully saturated rings. The summed E-state index contributed by atoms with van der Waals surface area (Å²) >= 11 is 0. The second-order valence-electron chi connectivity index (χ2n) is 16.9. The van der Waals surface area contributed by atoms with Gasteiger partial charge in [0.05, 0.1) is 12.7 Å². The van der Waals surface area contributed by atoms with Gasteiger partial charge in [0.15, 0.2) is 0 Å². The molecular weight excluding hydrogens is 797 g/mol. The predicted octanol–water partition coefficient (Wildman–Crippen LogP) is 5.68. The van der Waals surface area contributed by atoms with E-state index in [0.29, 0.717) is 60.4 Å². The van der Waals surface area contributed by atoms with Gasteiger partial charge in [-0.25, -0.2) is 9.48 Å². The van der Waals surface area contributed by atoms with E-state index in [0.717, 1.165) is 93.1 Å². The quantitative estimate of drug-likeness (QED) is 0.130. The molecule has 0 unspecified atom stereocenters. The average molecular weight is 851 g/mol. The van der Waals surface area contributed by atoms with E-state index in [1.54, 1.807) is 30.2 Å². The lowest BCUT2D eigenvalue weighted by molar-refractivity contribution is -0.120. The van der Waals surface area contributed by atoms with Crippen LogP contribution in [0.4, 0.5) is 33.4 Å². The van der Waals surface area contributed by atoms with Crippen molar-refractivity contribution in [1.82, 2.24) is 25.3 Å². The summed E-state index contributed by atoms with van der Waals surface area (Å²) in [5.41, 5.74) is 15.4. The van der Waals surface area contributed by atoms with Crippen LogP contribution in [0.1, 0.15) is 56.7 Å². The first kappa shape index (κ1) is 41.5. The standard InChI is InChI=1S/C48H54N10O5/c1-31-27-34(7-8-35(31)29-50-47(61)39-5-3-4-6-41(39)63-2)44-43(45(49)60)46-51-40-14-13-38(28-33(40)17-22-58(46)53-44)56-25-23-54(24-26-56)30-32-15-19-55(20-16-32)36-9-11-37(12-10-36)57-21-18-42(59)52-48(57)62/h3-14,27-28,32,51H,15-26,29-30H2,1-2H3,(H2,49,60)(H,50,61)(H,52,59,62). The number of amides is 5. The number of benzene rings is 4. The van der Waals surface area contributed by atoms with Crippen molar-refractivity contribution in [2.75, 3.05) is 79.5 Å². The number of carbonyl (C=O) groups is 4. The molecule has 0 atom stereocenters. The molecule has 9 rings (SSSR count). The molecule has 4 aliphatic rings. The van der Waals surface area contributed by atoms with Crippen LogP contribution in [-0.4, -0.2) is 97.9 Å². The van der Waals surface area contributed by atoms with Gasteiger partial charge in [0.1, 0.15) is 22.8 Å². The molecule has 1 aromatic heterocycles. The van der Waals surface area contributed by atoms with Crippen LogP contribution >= 0.6 is 0 Å². The van der Waals surface area contributed by atoms with Crippen LogP contribution < -0.4 is 41.1 Å². The van der Waals surface area contributed by atoms with Gasteiger partial charge < -0.3 is 30.9 Å². The van der Waals surface area contributed by atoms with Crippen molar-refractivity contribution in [1.29, 1.82) is 0 Å². The summed E-state index contributed by atoms with van der Waals surface area (Å²) in [7, 11) is 1.54. The molecule has 5 aromatic rings. The molecule has 0 bridgehead atoms. The van der Waals surface area contributed by atoms with Gasteiger partial charge in [0, 0.05) is 100 Å². The third-order valence-corrected chi connectivity index (χ3v) is 13.0. The van der Waals surface area contributed by atoms with Crippen molar-refractivity contribution in [3.8, 4) is 17.0 Å². The van der Waals surface area contributed by atoms with Crippen LogP contribution in [0.5, 0.6) is 5.75 Å². The van der Waals surface area contributed by atoms with E-state index in [9.17, 15) is 19.2 Å². The number of primary amides is 1. The number of imide groups is 1. The first-order valence-corrected chi connectivity index (χ1v) is 21.9. The van der Waals surface area contributed by atoms with Gasteiger partial charge in [-0.3, -0.25) is 29.5 Å². The number of fused-ring (bicyclic) bond motifs is 2. The number of para-hydroxylation sites is 1. The molecule has 0 saturated carbocycles. The van der Waals surface area contributed by atoms with E-state index in [1.165, 1.54) is 16.9 Å². The van der Waals surface area contributed by atoms with Crippen molar-refractivity contribution in [3.63, 3.8) is 0 Å². The van der Waals surface area contributed by atoms with Crippen LogP contribution in [0.25, 0.3) is 11.3 Å². The molecule has 5 heterocycles. The molecule has 4 aromatic carbocycles. The number of rotatable bonds is 11. The largest absolute Gasteiger partial charge is 0.496 e. The molecular formula is C48H54N10O5. The van der Waals surface area contributed by atoms with Gasteiger partial charge in [-0.05, 0) is 109 Å². The number of piperidine rings is 1. The molecule has 0 aliphatic carbocycles. The Balaban J connectivity index is 0.781. The Bertz CT molecular complexity index is 2540. The van der Waals surface area contributed by atoms with Crippen LogP contribution in [0.3, 0.4) is 0 Å². The normalized spacial score (nSPS) is 17.0. The lowest BCUT2D eigenvalue weighted by Crippen LogP contribution is -2.49. The molecule has 3 saturated heterocycles. The number of ether oxygens (including phenoxy) is 1. The minimum atomic E-state index is -0.551. The molecule has 4 aliphatic heterocycles. The second kappa shape index (κ2) is 17.8. The first-order chi connectivity index (χ1) is 30.6. The van der Waals surface area contributed by atoms with E-state index in [2.05, 4.69) is 61.0 Å². The van der Waals surface area contributed by atoms with Crippen molar-refractivity contribution < 1.29 is 23.9 Å². The van der Waals surface area contributed by atoms with Crippen molar-refractivity contribution in [3.05, 3.63) is 113 Å². The fourth-order valence-corrected chi connectivity index (χ4v) is 9.37. The Hall–Kier alpha value is -6.87. The van der Waals surface area contributed by atoms with Crippen LogP contribution in [0.15, 0.2) is 84.9 Å². The van der Waals surface area contributed by atoms with Gasteiger partial charge >= 0.3 is 6.03 Å². The number of methoxy groups -OCH3 is 1. The van der Waals surface area contributed by atoms with E-state index >= 15 is 0 Å². The summed E-state index contributed by atoms with van der Waals surface area (Å²) in [6.07, 6.45) is 3.35. The third kappa shape index (κ3) is 8.78.